The lowest BCUT2D eigenvalue weighted by molar-refractivity contribution is -0.597. The average molecular weight is 598 g/mol. The third kappa shape index (κ3) is 11.3. The summed E-state index contributed by atoms with van der Waals surface area (Å²) in [7, 11) is -6.09. The molecule has 0 amide bonds. The van der Waals surface area contributed by atoms with Crippen LogP contribution in [0.15, 0.2) is 48.5 Å². The van der Waals surface area contributed by atoms with Crippen LogP contribution < -0.4 is 30.7 Å². The molecule has 0 saturated heterocycles. The molecule has 0 atom stereocenters. The van der Waals surface area contributed by atoms with Crippen LogP contribution in [0.4, 0.5) is 39.5 Å². The van der Waals surface area contributed by atoms with Gasteiger partial charge in [0.2, 0.25) is 0 Å². The minimum Gasteiger partial charge on any atom is -0.741 e. The van der Waals surface area contributed by atoms with E-state index in [4.69, 9.17) is 13.0 Å². The van der Waals surface area contributed by atoms with E-state index in [9.17, 15) is 39.5 Å². The van der Waals surface area contributed by atoms with Crippen molar-refractivity contribution >= 4 is 10.1 Å². The second kappa shape index (κ2) is 10.1. The minimum absolute atomic E-state index is 0.364. The maximum Gasteiger partial charge on any atom is 0.573 e. The summed E-state index contributed by atoms with van der Waals surface area (Å²) in [6.07, 6.45) is -9.59. The van der Waals surface area contributed by atoms with Gasteiger partial charge in [-0.25, -0.2) is 8.42 Å². The quantitative estimate of drug-likeness (QED) is 0.232. The van der Waals surface area contributed by atoms with Gasteiger partial charge in [-0.2, -0.15) is 13.2 Å². The average Bonchev–Trinajstić information content (AvgIpc) is 2.50. The summed E-state index contributed by atoms with van der Waals surface area (Å²) in [5.74, 6) is -0.727. The highest BCUT2D eigenvalue weighted by Crippen LogP contribution is 2.23. The van der Waals surface area contributed by atoms with Crippen LogP contribution in [-0.4, -0.2) is 31.2 Å². The zero-order valence-corrected chi connectivity index (χ0v) is 17.3. The van der Waals surface area contributed by atoms with Gasteiger partial charge in [0.1, 0.15) is 11.5 Å². The van der Waals surface area contributed by atoms with E-state index in [1.54, 1.807) is 12.1 Å². The maximum atomic E-state index is 12.2. The summed E-state index contributed by atoms with van der Waals surface area (Å²) in [5.41, 5.74) is -5.65. The molecule has 0 spiro atoms. The van der Waals surface area contributed by atoms with E-state index >= 15 is 0 Å². The third-order valence-electron chi connectivity index (χ3n) is 2.56. The Kier molecular flexibility index (Phi) is 8.84. The summed E-state index contributed by atoms with van der Waals surface area (Å²) < 4.78 is 141. The first-order valence-electron chi connectivity index (χ1n) is 7.24. The lowest BCUT2D eigenvalue weighted by Gasteiger charge is -2.08. The van der Waals surface area contributed by atoms with E-state index in [0.29, 0.717) is 7.14 Å². The predicted molar refractivity (Wildman–Crippen MR) is 79.4 cm³/mol. The van der Waals surface area contributed by atoms with Gasteiger partial charge in [-0.3, -0.25) is 0 Å². The zero-order chi connectivity index (χ0) is 24.1. The number of hydrogen-bond acceptors (Lipinski definition) is 5. The molecule has 0 fully saturated rings. The van der Waals surface area contributed by atoms with Crippen molar-refractivity contribution < 1.29 is 83.2 Å². The molecule has 0 saturated carbocycles. The standard InChI is InChI=1S/C14H8F6IO2.CHF3O3S/c15-13(16,17)22-11-5-1-3-9(7-11)21-10-4-2-6-12(8-10)23-14(18,19)20;2-1(3,4)8(5,6)7/h1-8H;(H,5,6,7)/q+1;/p-1. The Morgan fingerprint density at radius 1 is 0.710 bits per heavy atom. The number of rotatable bonds is 4. The molecule has 0 aliphatic rings. The topological polar surface area (TPSA) is 75.7 Å². The van der Waals surface area contributed by atoms with E-state index in [1.165, 1.54) is 24.3 Å². The van der Waals surface area contributed by atoms with Gasteiger partial charge in [0.05, 0.1) is 0 Å². The Balaban J connectivity index is 0.000000512. The number of benzene rings is 2. The number of alkyl halides is 9. The van der Waals surface area contributed by atoms with Crippen molar-refractivity contribution in [3.8, 4) is 11.5 Å². The van der Waals surface area contributed by atoms with Gasteiger partial charge >= 0.3 is 39.4 Å². The van der Waals surface area contributed by atoms with Gasteiger partial charge in [-0.05, 0) is 24.3 Å². The summed E-state index contributed by atoms with van der Waals surface area (Å²) in [4.78, 5) is 0. The number of ether oxygens (including phenoxy) is 2. The Morgan fingerprint density at radius 2 is 1.03 bits per heavy atom. The molecular weight excluding hydrogens is 590 g/mol. The normalized spacial score (nSPS) is 12.6. The predicted octanol–water partition coefficient (Wildman–Crippen LogP) is 1.66. The third-order valence-corrected chi connectivity index (χ3v) is 5.72. The monoisotopic (exact) mass is 598 g/mol. The van der Waals surface area contributed by atoms with E-state index in [-0.39, 0.29) is 11.5 Å². The van der Waals surface area contributed by atoms with Crippen molar-refractivity contribution in [3.63, 3.8) is 0 Å². The van der Waals surface area contributed by atoms with Gasteiger partial charge in [-0.1, -0.05) is 12.1 Å². The molecule has 0 radical (unpaired) electrons. The second-order valence-electron chi connectivity index (χ2n) is 5.00. The molecule has 0 aromatic heterocycles. The largest absolute Gasteiger partial charge is 0.741 e. The van der Waals surface area contributed by atoms with Gasteiger partial charge in [0.25, 0.3) is 0 Å². The Labute approximate surface area is 178 Å². The van der Waals surface area contributed by atoms with Gasteiger partial charge in [0, 0.05) is 12.1 Å². The van der Waals surface area contributed by atoms with Crippen molar-refractivity contribution in [2.24, 2.45) is 0 Å². The van der Waals surface area contributed by atoms with Gasteiger partial charge in [0.15, 0.2) is 17.3 Å². The van der Waals surface area contributed by atoms with Crippen LogP contribution in [0, 0.1) is 7.14 Å². The molecule has 0 aliphatic carbocycles. The summed E-state index contributed by atoms with van der Waals surface area (Å²) >= 11 is -0.985. The van der Waals surface area contributed by atoms with Gasteiger partial charge < -0.3 is 14.0 Å². The SMILES string of the molecule is FC(F)(F)Oc1cccc([I+]c2cccc(OC(F)(F)F)c2)c1.O=S(=O)([O-])C(F)(F)F. The van der Waals surface area contributed by atoms with Crippen LogP contribution in [0.5, 0.6) is 11.5 Å². The molecule has 174 valence electrons. The van der Waals surface area contributed by atoms with Crippen molar-refractivity contribution in [1.29, 1.82) is 0 Å². The molecule has 31 heavy (non-hydrogen) atoms. The maximum absolute atomic E-state index is 12.2. The molecule has 0 aliphatic heterocycles. The molecular formula is C15H8F9IO5S. The van der Waals surface area contributed by atoms with E-state index in [1.807, 2.05) is 0 Å². The van der Waals surface area contributed by atoms with Crippen molar-refractivity contribution in [3.05, 3.63) is 55.7 Å². The smallest absolute Gasteiger partial charge is 0.573 e. The summed E-state index contributed by atoms with van der Waals surface area (Å²) in [6, 6.07) is 10.7. The van der Waals surface area contributed by atoms with Crippen LogP contribution in [0.3, 0.4) is 0 Å². The lowest BCUT2D eigenvalue weighted by atomic mass is 10.3. The molecule has 2 rings (SSSR count). The van der Waals surface area contributed by atoms with Crippen molar-refractivity contribution in [2.45, 2.75) is 18.2 Å². The number of hydrogen-bond donors (Lipinski definition) is 0. The lowest BCUT2D eigenvalue weighted by Crippen LogP contribution is -3.61. The Bertz CT molecular complexity index is 914. The highest BCUT2D eigenvalue weighted by Gasteiger charge is 2.37. The van der Waals surface area contributed by atoms with Crippen LogP contribution in [0.25, 0.3) is 0 Å². The fraction of sp³-hybridized carbons (Fsp3) is 0.200. The van der Waals surface area contributed by atoms with Gasteiger partial charge in [-0.15, -0.1) is 26.3 Å². The first kappa shape index (κ1) is 27.1. The van der Waals surface area contributed by atoms with E-state index in [0.717, 1.165) is 12.1 Å². The van der Waals surface area contributed by atoms with Crippen LogP contribution in [0.1, 0.15) is 0 Å². The first-order chi connectivity index (χ1) is 13.9. The highest BCUT2D eigenvalue weighted by atomic mass is 127. The molecule has 5 nitrogen and oxygen atoms in total. The number of halogens is 10. The van der Waals surface area contributed by atoms with Crippen molar-refractivity contribution in [2.75, 3.05) is 0 Å². The fourth-order valence-electron chi connectivity index (χ4n) is 1.57. The van der Waals surface area contributed by atoms with E-state index < -0.39 is 49.6 Å². The highest BCUT2D eigenvalue weighted by molar-refractivity contribution is 7.86. The summed E-state index contributed by atoms with van der Waals surface area (Å²) in [6.45, 7) is 0. The molecule has 2 aromatic carbocycles. The summed E-state index contributed by atoms with van der Waals surface area (Å²) in [5, 5.41) is 0. The Morgan fingerprint density at radius 3 is 1.29 bits per heavy atom. The van der Waals surface area contributed by atoms with Crippen LogP contribution >= 0.6 is 0 Å². The van der Waals surface area contributed by atoms with E-state index in [2.05, 4.69) is 9.47 Å². The van der Waals surface area contributed by atoms with Crippen LogP contribution in [0.2, 0.25) is 0 Å². The molecule has 0 bridgehead atoms. The Hall–Kier alpha value is -1.95. The molecule has 16 heteroatoms. The molecule has 0 heterocycles. The minimum atomic E-state index is -6.09. The van der Waals surface area contributed by atoms with Crippen LogP contribution in [-0.2, 0) is 10.1 Å². The molecule has 0 N–H and O–H groups in total. The van der Waals surface area contributed by atoms with Crippen molar-refractivity contribution in [1.82, 2.24) is 0 Å². The fourth-order valence-corrected chi connectivity index (χ4v) is 3.99. The molecule has 2 aromatic rings. The first-order valence-corrected chi connectivity index (χ1v) is 10.8. The molecule has 0 unspecified atom stereocenters. The second-order valence-corrected chi connectivity index (χ2v) is 9.41. The zero-order valence-electron chi connectivity index (χ0n) is 14.3.